The minimum absolute atomic E-state index is 0.386. The van der Waals surface area contributed by atoms with Crippen LogP contribution in [0.1, 0.15) is 19.7 Å². The molecule has 5 heteroatoms. The average Bonchev–Trinajstić information content (AvgIpc) is 2.93. The molecule has 1 aromatic heterocycles. The molecule has 2 rings (SSSR count). The number of rotatable bonds is 6. The summed E-state index contributed by atoms with van der Waals surface area (Å²) >= 11 is 0. The number of hydrogen-bond acceptors (Lipinski definition) is 5. The summed E-state index contributed by atoms with van der Waals surface area (Å²) in [5, 5.41) is 3.27. The molecule has 0 atom stereocenters. The van der Waals surface area contributed by atoms with Crippen molar-refractivity contribution in [3.05, 3.63) is 30.3 Å². The van der Waals surface area contributed by atoms with E-state index in [-0.39, 0.29) is 0 Å². The van der Waals surface area contributed by atoms with E-state index in [2.05, 4.69) is 24.1 Å². The Morgan fingerprint density at radius 3 is 2.70 bits per heavy atom. The predicted octanol–water partition coefficient (Wildman–Crippen LogP) is 2.86. The van der Waals surface area contributed by atoms with Crippen LogP contribution in [0, 0.1) is 0 Å². The van der Waals surface area contributed by atoms with Gasteiger partial charge in [0.05, 0.1) is 32.5 Å². The molecule has 0 bridgehead atoms. The molecule has 20 heavy (non-hydrogen) atoms. The lowest BCUT2D eigenvalue weighted by molar-refractivity contribution is 0.401. The molecule has 0 aliphatic carbocycles. The summed E-state index contributed by atoms with van der Waals surface area (Å²) in [4.78, 5) is 4.27. The SMILES string of the molecule is COc1ccc(OC)c(-c2cnc(CNC(C)C)o2)c1. The van der Waals surface area contributed by atoms with E-state index in [9.17, 15) is 0 Å². The summed E-state index contributed by atoms with van der Waals surface area (Å²) in [5.41, 5.74) is 0.829. The maximum atomic E-state index is 5.75. The van der Waals surface area contributed by atoms with Crippen molar-refractivity contribution in [1.29, 1.82) is 0 Å². The van der Waals surface area contributed by atoms with Gasteiger partial charge >= 0.3 is 0 Å². The summed E-state index contributed by atoms with van der Waals surface area (Å²) in [6.07, 6.45) is 1.70. The Labute approximate surface area is 118 Å². The third-order valence-corrected chi connectivity index (χ3v) is 2.89. The van der Waals surface area contributed by atoms with Crippen molar-refractivity contribution in [2.24, 2.45) is 0 Å². The molecule has 0 aliphatic rings. The van der Waals surface area contributed by atoms with Crippen molar-refractivity contribution < 1.29 is 13.9 Å². The van der Waals surface area contributed by atoms with Gasteiger partial charge in [0.1, 0.15) is 11.5 Å². The monoisotopic (exact) mass is 276 g/mol. The van der Waals surface area contributed by atoms with E-state index >= 15 is 0 Å². The van der Waals surface area contributed by atoms with Crippen LogP contribution in [-0.4, -0.2) is 25.2 Å². The molecule has 2 aromatic rings. The molecule has 0 saturated heterocycles. The molecule has 0 aliphatic heterocycles. The van der Waals surface area contributed by atoms with Gasteiger partial charge in [-0.15, -0.1) is 0 Å². The first-order chi connectivity index (χ1) is 9.63. The third kappa shape index (κ3) is 3.30. The fraction of sp³-hybridized carbons (Fsp3) is 0.400. The quantitative estimate of drug-likeness (QED) is 0.879. The summed E-state index contributed by atoms with van der Waals surface area (Å²) in [5.74, 6) is 2.80. The second-order valence-electron chi connectivity index (χ2n) is 4.72. The highest BCUT2D eigenvalue weighted by atomic mass is 16.5. The van der Waals surface area contributed by atoms with Crippen molar-refractivity contribution in [2.75, 3.05) is 14.2 Å². The van der Waals surface area contributed by atoms with Gasteiger partial charge in [-0.05, 0) is 18.2 Å². The van der Waals surface area contributed by atoms with Crippen LogP contribution in [-0.2, 0) is 6.54 Å². The molecule has 1 N–H and O–H groups in total. The van der Waals surface area contributed by atoms with Crippen LogP contribution in [0.15, 0.2) is 28.8 Å². The van der Waals surface area contributed by atoms with Gasteiger partial charge in [-0.3, -0.25) is 0 Å². The molecule has 0 saturated carbocycles. The molecule has 0 unspecified atom stereocenters. The maximum absolute atomic E-state index is 5.75. The highest BCUT2D eigenvalue weighted by Crippen LogP contribution is 2.33. The lowest BCUT2D eigenvalue weighted by Crippen LogP contribution is -2.21. The van der Waals surface area contributed by atoms with E-state index in [1.54, 1.807) is 20.4 Å². The van der Waals surface area contributed by atoms with Crippen LogP contribution in [0.3, 0.4) is 0 Å². The second kappa shape index (κ2) is 6.43. The molecular formula is C15H20N2O3. The molecule has 0 spiro atoms. The zero-order valence-corrected chi connectivity index (χ0v) is 12.3. The first-order valence-corrected chi connectivity index (χ1v) is 6.54. The molecule has 0 fully saturated rings. The predicted molar refractivity (Wildman–Crippen MR) is 77.0 cm³/mol. The normalized spacial score (nSPS) is 10.8. The molecule has 108 valence electrons. The second-order valence-corrected chi connectivity index (χ2v) is 4.72. The zero-order chi connectivity index (χ0) is 14.5. The van der Waals surface area contributed by atoms with E-state index in [0.29, 0.717) is 24.2 Å². The number of benzene rings is 1. The molecule has 1 heterocycles. The lowest BCUT2D eigenvalue weighted by atomic mass is 10.1. The van der Waals surface area contributed by atoms with Gasteiger partial charge in [0.15, 0.2) is 5.76 Å². The molecule has 0 radical (unpaired) electrons. The maximum Gasteiger partial charge on any atom is 0.208 e. The Morgan fingerprint density at radius 2 is 2.05 bits per heavy atom. The largest absolute Gasteiger partial charge is 0.497 e. The first-order valence-electron chi connectivity index (χ1n) is 6.54. The Morgan fingerprint density at radius 1 is 1.25 bits per heavy atom. The van der Waals surface area contributed by atoms with Crippen LogP contribution in [0.5, 0.6) is 11.5 Å². The average molecular weight is 276 g/mol. The topological polar surface area (TPSA) is 56.5 Å². The number of aromatic nitrogens is 1. The summed E-state index contributed by atoms with van der Waals surface area (Å²) < 4.78 is 16.3. The highest BCUT2D eigenvalue weighted by Gasteiger charge is 2.13. The summed E-state index contributed by atoms with van der Waals surface area (Å²) in [6.45, 7) is 4.76. The van der Waals surface area contributed by atoms with Crippen molar-refractivity contribution in [1.82, 2.24) is 10.3 Å². The Hall–Kier alpha value is -2.01. The Kier molecular flexibility index (Phi) is 4.63. The number of nitrogens with one attached hydrogen (secondary N) is 1. The van der Waals surface area contributed by atoms with E-state index in [1.807, 2.05) is 18.2 Å². The number of ether oxygens (including phenoxy) is 2. The summed E-state index contributed by atoms with van der Waals surface area (Å²) in [7, 11) is 3.26. The summed E-state index contributed by atoms with van der Waals surface area (Å²) in [6, 6.07) is 5.96. The minimum Gasteiger partial charge on any atom is -0.497 e. The molecular weight excluding hydrogens is 256 g/mol. The Balaban J connectivity index is 2.26. The highest BCUT2D eigenvalue weighted by molar-refractivity contribution is 5.67. The molecule has 1 aromatic carbocycles. The van der Waals surface area contributed by atoms with Gasteiger partial charge < -0.3 is 19.2 Å². The number of oxazole rings is 1. The smallest absolute Gasteiger partial charge is 0.208 e. The first kappa shape index (κ1) is 14.4. The van der Waals surface area contributed by atoms with Gasteiger partial charge in [-0.2, -0.15) is 0 Å². The van der Waals surface area contributed by atoms with E-state index in [0.717, 1.165) is 17.1 Å². The third-order valence-electron chi connectivity index (χ3n) is 2.89. The van der Waals surface area contributed by atoms with Crippen molar-refractivity contribution in [2.45, 2.75) is 26.4 Å². The fourth-order valence-corrected chi connectivity index (χ4v) is 1.81. The van der Waals surface area contributed by atoms with Gasteiger partial charge in [-0.1, -0.05) is 13.8 Å². The van der Waals surface area contributed by atoms with Crippen LogP contribution >= 0.6 is 0 Å². The minimum atomic E-state index is 0.386. The van der Waals surface area contributed by atoms with Gasteiger partial charge in [0.25, 0.3) is 0 Å². The molecule has 0 amide bonds. The Bertz CT molecular complexity index is 564. The standard InChI is InChI=1S/C15H20N2O3/c1-10(2)16-9-15-17-8-14(20-15)12-7-11(18-3)5-6-13(12)19-4/h5-8,10,16H,9H2,1-4H3. The van der Waals surface area contributed by atoms with E-state index in [4.69, 9.17) is 13.9 Å². The van der Waals surface area contributed by atoms with E-state index in [1.165, 1.54) is 0 Å². The number of methoxy groups -OCH3 is 2. The van der Waals surface area contributed by atoms with Crippen molar-refractivity contribution in [3.63, 3.8) is 0 Å². The van der Waals surface area contributed by atoms with Crippen LogP contribution in [0.4, 0.5) is 0 Å². The van der Waals surface area contributed by atoms with Gasteiger partial charge in [0, 0.05) is 6.04 Å². The van der Waals surface area contributed by atoms with E-state index < -0.39 is 0 Å². The van der Waals surface area contributed by atoms with Gasteiger partial charge in [-0.25, -0.2) is 4.98 Å². The van der Waals surface area contributed by atoms with Crippen LogP contribution in [0.25, 0.3) is 11.3 Å². The lowest BCUT2D eigenvalue weighted by Gasteiger charge is -2.08. The van der Waals surface area contributed by atoms with Crippen molar-refractivity contribution in [3.8, 4) is 22.8 Å². The fourth-order valence-electron chi connectivity index (χ4n) is 1.81. The molecule has 5 nitrogen and oxygen atoms in total. The zero-order valence-electron chi connectivity index (χ0n) is 12.3. The van der Waals surface area contributed by atoms with Crippen LogP contribution < -0.4 is 14.8 Å². The van der Waals surface area contributed by atoms with Crippen LogP contribution in [0.2, 0.25) is 0 Å². The van der Waals surface area contributed by atoms with Gasteiger partial charge in [0.2, 0.25) is 5.89 Å². The number of nitrogens with zero attached hydrogens (tertiary/aromatic N) is 1. The van der Waals surface area contributed by atoms with Crippen molar-refractivity contribution >= 4 is 0 Å². The number of hydrogen-bond donors (Lipinski definition) is 1.